The number of Topliss-reactive ketones (excluding diaryl/α,β-unsaturated/α-hetero) is 1. The Hall–Kier alpha value is -2.89. The van der Waals surface area contributed by atoms with Gasteiger partial charge in [0.25, 0.3) is 5.91 Å². The highest BCUT2D eigenvalue weighted by atomic mass is 16.5. The van der Waals surface area contributed by atoms with E-state index in [0.29, 0.717) is 30.9 Å². The molecule has 0 aromatic heterocycles. The molecule has 6 heteroatoms. The Morgan fingerprint density at radius 2 is 1.71 bits per heavy atom. The van der Waals surface area contributed by atoms with Crippen molar-refractivity contribution < 1.29 is 19.1 Å². The fourth-order valence-electron chi connectivity index (χ4n) is 4.71. The number of carbonyl (C=O) groups is 3. The van der Waals surface area contributed by atoms with Gasteiger partial charge >= 0.3 is 5.97 Å². The van der Waals surface area contributed by atoms with E-state index in [1.807, 2.05) is 48.5 Å². The lowest BCUT2D eigenvalue weighted by atomic mass is 9.77. The second-order valence-corrected chi connectivity index (χ2v) is 8.57. The van der Waals surface area contributed by atoms with Crippen molar-refractivity contribution in [2.45, 2.75) is 38.7 Å². The minimum absolute atomic E-state index is 0.133. The molecule has 2 aliphatic rings. The summed E-state index contributed by atoms with van der Waals surface area (Å²) in [5.74, 6) is -0.489. The van der Waals surface area contributed by atoms with Crippen molar-refractivity contribution in [3.8, 4) is 0 Å². The van der Waals surface area contributed by atoms with Gasteiger partial charge in [0.1, 0.15) is 14.5 Å². The second kappa shape index (κ2) is 9.50. The summed E-state index contributed by atoms with van der Waals surface area (Å²) in [6, 6.07) is 15.1. The molecule has 0 saturated carbocycles. The molecular weight excluding hydrogens is 389 g/mol. The average molecular weight is 415 g/mol. The lowest BCUT2D eigenvalue weighted by molar-refractivity contribution is -0.148. The van der Waals surface area contributed by atoms with E-state index < -0.39 is 5.91 Å². The van der Waals surface area contributed by atoms with Crippen molar-refractivity contribution >= 4 is 31.0 Å². The first-order chi connectivity index (χ1) is 15.0. The van der Waals surface area contributed by atoms with E-state index in [2.05, 4.69) is 0 Å². The molecule has 2 aliphatic heterocycles. The maximum absolute atomic E-state index is 12.6. The third-order valence-corrected chi connectivity index (χ3v) is 6.47. The van der Waals surface area contributed by atoms with E-state index in [-0.39, 0.29) is 30.7 Å². The minimum atomic E-state index is -0.403. The van der Waals surface area contributed by atoms with Crippen molar-refractivity contribution in [2.24, 2.45) is 11.8 Å². The van der Waals surface area contributed by atoms with Gasteiger partial charge < -0.3 is 9.64 Å². The molecule has 1 fully saturated rings. The smallest absolute Gasteiger partial charge is 0.306 e. The molecule has 31 heavy (non-hydrogen) atoms. The molecule has 5 nitrogen and oxygen atoms in total. The Morgan fingerprint density at radius 1 is 0.968 bits per heavy atom. The topological polar surface area (TPSA) is 63.7 Å². The molecule has 158 valence electrons. The summed E-state index contributed by atoms with van der Waals surface area (Å²) in [6.07, 6.45) is 2.89. The van der Waals surface area contributed by atoms with E-state index >= 15 is 0 Å². The highest BCUT2D eigenvalue weighted by Crippen LogP contribution is 2.32. The van der Waals surface area contributed by atoms with Gasteiger partial charge in [0.05, 0.1) is 0 Å². The molecule has 1 atom stereocenters. The van der Waals surface area contributed by atoms with Gasteiger partial charge in [-0.2, -0.15) is 0 Å². The van der Waals surface area contributed by atoms with Crippen LogP contribution in [0.3, 0.4) is 0 Å². The fourth-order valence-corrected chi connectivity index (χ4v) is 4.71. The number of cyclic esters (lactones) is 1. The van der Waals surface area contributed by atoms with Crippen LogP contribution in [0.1, 0.15) is 36.0 Å². The summed E-state index contributed by atoms with van der Waals surface area (Å²) < 4.78 is 5.43. The van der Waals surface area contributed by atoms with Gasteiger partial charge in [0.15, 0.2) is 0 Å². The normalized spacial score (nSPS) is 19.7. The summed E-state index contributed by atoms with van der Waals surface area (Å²) in [7, 11) is 5.90. The molecule has 2 heterocycles. The predicted molar refractivity (Wildman–Crippen MR) is 118 cm³/mol. The first-order valence-corrected chi connectivity index (χ1v) is 10.9. The number of nitrogens with zero attached hydrogens (tertiary/aromatic N) is 1. The molecule has 4 rings (SSSR count). The Bertz CT molecular complexity index is 967. The van der Waals surface area contributed by atoms with Crippen molar-refractivity contribution in [1.29, 1.82) is 0 Å². The van der Waals surface area contributed by atoms with Crippen LogP contribution in [-0.2, 0) is 38.6 Å². The van der Waals surface area contributed by atoms with Crippen molar-refractivity contribution in [2.75, 3.05) is 13.1 Å². The molecule has 0 unspecified atom stereocenters. The molecule has 0 bridgehead atoms. The second-order valence-electron chi connectivity index (χ2n) is 8.57. The van der Waals surface area contributed by atoms with Crippen LogP contribution in [0.5, 0.6) is 0 Å². The summed E-state index contributed by atoms with van der Waals surface area (Å²) in [6.45, 7) is 1.36. The zero-order valence-corrected chi connectivity index (χ0v) is 17.6. The van der Waals surface area contributed by atoms with Gasteiger partial charge in [0, 0.05) is 25.9 Å². The summed E-state index contributed by atoms with van der Waals surface area (Å²) in [4.78, 5) is 39.0. The molecule has 0 N–H and O–H groups in total. The highest BCUT2D eigenvalue weighted by Gasteiger charge is 2.33. The Balaban J connectivity index is 1.37. The summed E-state index contributed by atoms with van der Waals surface area (Å²) in [5, 5.41) is 0. The first-order valence-electron chi connectivity index (χ1n) is 10.9. The number of hydrogen-bond acceptors (Lipinski definition) is 4. The predicted octanol–water partition coefficient (Wildman–Crippen LogP) is 2.14. The fraction of sp³-hybridized carbons (Fsp3) is 0.400. The van der Waals surface area contributed by atoms with E-state index in [9.17, 15) is 14.4 Å². The maximum atomic E-state index is 12.6. The van der Waals surface area contributed by atoms with E-state index in [1.165, 1.54) is 5.56 Å². The number of esters is 1. The molecule has 1 saturated heterocycles. The molecule has 2 aromatic rings. The van der Waals surface area contributed by atoms with E-state index in [0.717, 1.165) is 30.4 Å². The zero-order chi connectivity index (χ0) is 21.8. The number of rotatable bonds is 4. The average Bonchev–Trinajstić information content (AvgIpc) is 2.77. The molecule has 2 radical (unpaired) electrons. The number of piperidine rings is 1. The number of hydrogen-bond donors (Lipinski definition) is 0. The van der Waals surface area contributed by atoms with Crippen LogP contribution >= 0.6 is 0 Å². The van der Waals surface area contributed by atoms with E-state index in [1.54, 1.807) is 4.90 Å². The molecule has 0 spiro atoms. The highest BCUT2D eigenvalue weighted by molar-refractivity contribution is 6.36. The lowest BCUT2D eigenvalue weighted by Crippen LogP contribution is -2.44. The van der Waals surface area contributed by atoms with E-state index in [4.69, 9.17) is 12.6 Å². The van der Waals surface area contributed by atoms with Gasteiger partial charge in [-0.05, 0) is 47.8 Å². The summed E-state index contributed by atoms with van der Waals surface area (Å²) >= 11 is 0. The van der Waals surface area contributed by atoms with Crippen LogP contribution in [-0.4, -0.2) is 43.5 Å². The standard InChI is InChI=1S/C25H26BNO4/c26-22-7-6-19-13-20(15-24(29)31-16-21(19)14-22)18-8-10-27(11-9-18)25(30)23(28)12-17-4-2-1-3-5-17/h1-7,14,18,20H,8-13,15-16H2/t20-/m0/s1. The van der Waals surface area contributed by atoms with Crippen molar-refractivity contribution in [3.05, 3.63) is 65.2 Å². The van der Waals surface area contributed by atoms with Gasteiger partial charge in [-0.3, -0.25) is 14.4 Å². The number of carbonyl (C=O) groups excluding carboxylic acids is 3. The van der Waals surface area contributed by atoms with Gasteiger partial charge in [-0.1, -0.05) is 54.0 Å². The molecule has 0 aliphatic carbocycles. The van der Waals surface area contributed by atoms with Crippen LogP contribution in [0.15, 0.2) is 48.5 Å². The van der Waals surface area contributed by atoms with Crippen LogP contribution in [0.25, 0.3) is 0 Å². The number of fused-ring (bicyclic) bond motifs is 1. The summed E-state index contributed by atoms with van der Waals surface area (Å²) in [5.41, 5.74) is 3.66. The van der Waals surface area contributed by atoms with Crippen LogP contribution in [0.2, 0.25) is 0 Å². The Morgan fingerprint density at radius 3 is 2.45 bits per heavy atom. The molecular formula is C25H26BNO4. The van der Waals surface area contributed by atoms with Crippen molar-refractivity contribution in [3.63, 3.8) is 0 Å². The number of amides is 1. The largest absolute Gasteiger partial charge is 0.461 e. The number of likely N-dealkylation sites (tertiary alicyclic amines) is 1. The first kappa shape index (κ1) is 21.4. The zero-order valence-electron chi connectivity index (χ0n) is 17.6. The van der Waals surface area contributed by atoms with Crippen molar-refractivity contribution in [1.82, 2.24) is 4.90 Å². The molecule has 1 amide bonds. The van der Waals surface area contributed by atoms with Crippen LogP contribution in [0, 0.1) is 11.8 Å². The lowest BCUT2D eigenvalue weighted by Gasteiger charge is -2.36. The Kier molecular flexibility index (Phi) is 6.54. The number of ketones is 1. The minimum Gasteiger partial charge on any atom is -0.461 e. The number of ether oxygens (including phenoxy) is 1. The monoisotopic (exact) mass is 415 g/mol. The molecule has 2 aromatic carbocycles. The maximum Gasteiger partial charge on any atom is 0.306 e. The quantitative estimate of drug-likeness (QED) is 0.436. The number of benzene rings is 2. The third-order valence-electron chi connectivity index (χ3n) is 6.47. The van der Waals surface area contributed by atoms with Gasteiger partial charge in [-0.15, -0.1) is 0 Å². The SMILES string of the molecule is [B]c1ccc2c(c1)COC(=O)C[C@@H](C1CCN(C(=O)C(=O)Cc3ccccc3)CC1)C2. The van der Waals surface area contributed by atoms with Crippen LogP contribution in [0.4, 0.5) is 0 Å². The van der Waals surface area contributed by atoms with Crippen LogP contribution < -0.4 is 5.46 Å². The van der Waals surface area contributed by atoms with Gasteiger partial charge in [-0.25, -0.2) is 0 Å². The Labute approximate surface area is 184 Å². The van der Waals surface area contributed by atoms with Gasteiger partial charge in [0.2, 0.25) is 5.78 Å². The third kappa shape index (κ3) is 5.24.